The lowest BCUT2D eigenvalue weighted by Crippen LogP contribution is -2.30. The molecule has 1 aromatic carbocycles. The van der Waals surface area contributed by atoms with E-state index in [-0.39, 0.29) is 11.9 Å². The third-order valence-electron chi connectivity index (χ3n) is 3.04. The Morgan fingerprint density at radius 2 is 2.06 bits per heavy atom. The molecule has 18 heavy (non-hydrogen) atoms. The average molecular weight is 247 g/mol. The molecule has 0 bridgehead atoms. The van der Waals surface area contributed by atoms with Crippen LogP contribution in [0.25, 0.3) is 0 Å². The summed E-state index contributed by atoms with van der Waals surface area (Å²) < 4.78 is 5.42. The first-order chi connectivity index (χ1) is 8.69. The van der Waals surface area contributed by atoms with Crippen LogP contribution in [0.2, 0.25) is 0 Å². The van der Waals surface area contributed by atoms with Crippen LogP contribution in [0.3, 0.4) is 0 Å². The zero-order chi connectivity index (χ0) is 13.1. The van der Waals surface area contributed by atoms with Gasteiger partial charge in [-0.15, -0.1) is 0 Å². The van der Waals surface area contributed by atoms with Crippen molar-refractivity contribution in [2.45, 2.75) is 32.9 Å². The van der Waals surface area contributed by atoms with E-state index in [0.717, 1.165) is 12.0 Å². The zero-order valence-corrected chi connectivity index (χ0v) is 10.7. The molecule has 1 aliphatic heterocycles. The van der Waals surface area contributed by atoms with Gasteiger partial charge in [-0.25, -0.2) is 0 Å². The smallest absolute Gasteiger partial charge is 0.307 e. The van der Waals surface area contributed by atoms with Crippen LogP contribution in [0.1, 0.15) is 48.8 Å². The number of rotatable bonds is 4. The van der Waals surface area contributed by atoms with Crippen LogP contribution in [0.5, 0.6) is 0 Å². The van der Waals surface area contributed by atoms with Crippen LogP contribution in [-0.4, -0.2) is 23.3 Å². The molecule has 1 amide bonds. The fourth-order valence-electron chi connectivity index (χ4n) is 2.16. The normalized spacial score (nSPS) is 17.8. The number of hydrogen-bond donors (Lipinski definition) is 0. The van der Waals surface area contributed by atoms with E-state index in [1.54, 1.807) is 11.0 Å². The van der Waals surface area contributed by atoms with Crippen molar-refractivity contribution < 1.29 is 14.3 Å². The summed E-state index contributed by atoms with van der Waals surface area (Å²) in [6, 6.07) is 7.29. The Bertz CT molecular complexity index is 470. The second-order valence-electron chi connectivity index (χ2n) is 4.27. The zero-order valence-electron chi connectivity index (χ0n) is 10.7. The highest BCUT2D eigenvalue weighted by atomic mass is 16.6. The molecular weight excluding hydrogens is 230 g/mol. The van der Waals surface area contributed by atoms with Gasteiger partial charge in [0.1, 0.15) is 0 Å². The van der Waals surface area contributed by atoms with E-state index in [1.807, 2.05) is 32.0 Å². The predicted octanol–water partition coefficient (Wildman–Crippen LogP) is 2.50. The quantitative estimate of drug-likeness (QED) is 0.768. The summed E-state index contributed by atoms with van der Waals surface area (Å²) in [4.78, 5) is 25.3. The lowest BCUT2D eigenvalue weighted by molar-refractivity contribution is -0.156. The van der Waals surface area contributed by atoms with Crippen molar-refractivity contribution in [2.24, 2.45) is 0 Å². The highest BCUT2D eigenvalue weighted by molar-refractivity contribution is 5.99. The van der Waals surface area contributed by atoms with Crippen molar-refractivity contribution in [3.05, 3.63) is 35.4 Å². The topological polar surface area (TPSA) is 46.6 Å². The SMILES string of the molecule is CCCC(=O)OC1c2ccccc2C(=O)N1CC. The largest absolute Gasteiger partial charge is 0.437 e. The number of ether oxygens (including phenoxy) is 1. The lowest BCUT2D eigenvalue weighted by atomic mass is 10.1. The maximum absolute atomic E-state index is 12.1. The second kappa shape index (κ2) is 5.21. The Morgan fingerprint density at radius 3 is 2.72 bits per heavy atom. The third kappa shape index (κ3) is 2.10. The molecule has 0 saturated carbocycles. The van der Waals surface area contributed by atoms with Crippen molar-refractivity contribution in [3.63, 3.8) is 0 Å². The highest BCUT2D eigenvalue weighted by Gasteiger charge is 2.37. The summed E-state index contributed by atoms with van der Waals surface area (Å²) in [5.41, 5.74) is 1.42. The number of nitrogens with zero attached hydrogens (tertiary/aromatic N) is 1. The molecule has 0 aliphatic carbocycles. The Labute approximate surface area is 107 Å². The maximum atomic E-state index is 12.1. The van der Waals surface area contributed by atoms with Gasteiger partial charge in [-0.05, 0) is 19.4 Å². The summed E-state index contributed by atoms with van der Waals surface area (Å²) in [7, 11) is 0. The molecule has 0 radical (unpaired) electrons. The number of amides is 1. The molecule has 4 nitrogen and oxygen atoms in total. The van der Waals surface area contributed by atoms with Gasteiger partial charge < -0.3 is 4.74 Å². The van der Waals surface area contributed by atoms with Crippen molar-refractivity contribution in [1.29, 1.82) is 0 Å². The van der Waals surface area contributed by atoms with Gasteiger partial charge in [-0.3, -0.25) is 14.5 Å². The fraction of sp³-hybridized carbons (Fsp3) is 0.429. The Balaban J connectivity index is 2.27. The van der Waals surface area contributed by atoms with Crippen LogP contribution in [-0.2, 0) is 9.53 Å². The van der Waals surface area contributed by atoms with Crippen molar-refractivity contribution in [3.8, 4) is 0 Å². The third-order valence-corrected chi connectivity index (χ3v) is 3.04. The molecule has 1 aliphatic rings. The summed E-state index contributed by atoms with van der Waals surface area (Å²) in [6.07, 6.45) is 0.565. The Kier molecular flexibility index (Phi) is 3.65. The standard InChI is InChI=1S/C14H17NO3/c1-3-7-12(16)18-14-11-9-6-5-8-10(11)13(17)15(14)4-2/h5-6,8-9,14H,3-4,7H2,1-2H3. The number of carbonyl (C=O) groups is 2. The monoisotopic (exact) mass is 247 g/mol. The van der Waals surface area contributed by atoms with E-state index in [9.17, 15) is 9.59 Å². The molecule has 96 valence electrons. The van der Waals surface area contributed by atoms with Gasteiger partial charge in [0.05, 0.1) is 0 Å². The minimum Gasteiger partial charge on any atom is -0.437 e. The number of esters is 1. The molecule has 0 saturated heterocycles. The van der Waals surface area contributed by atoms with E-state index >= 15 is 0 Å². The first kappa shape index (κ1) is 12.6. The Morgan fingerprint density at radius 1 is 1.33 bits per heavy atom. The van der Waals surface area contributed by atoms with Gasteiger partial charge in [-0.2, -0.15) is 0 Å². The average Bonchev–Trinajstić information content (AvgIpc) is 2.63. The van der Waals surface area contributed by atoms with Crippen LogP contribution in [0.4, 0.5) is 0 Å². The van der Waals surface area contributed by atoms with E-state index in [2.05, 4.69) is 0 Å². The molecule has 1 aromatic rings. The van der Waals surface area contributed by atoms with E-state index < -0.39 is 6.23 Å². The highest BCUT2D eigenvalue weighted by Crippen LogP contribution is 2.34. The number of hydrogen-bond acceptors (Lipinski definition) is 3. The first-order valence-electron chi connectivity index (χ1n) is 6.28. The molecular formula is C14H17NO3. The fourth-order valence-corrected chi connectivity index (χ4v) is 2.16. The van der Waals surface area contributed by atoms with E-state index in [1.165, 1.54) is 0 Å². The molecule has 0 spiro atoms. The molecule has 1 atom stereocenters. The van der Waals surface area contributed by atoms with Gasteiger partial charge in [0.25, 0.3) is 5.91 Å². The molecule has 2 rings (SSSR count). The van der Waals surface area contributed by atoms with E-state index in [4.69, 9.17) is 4.74 Å². The number of benzene rings is 1. The number of carbonyl (C=O) groups excluding carboxylic acids is 2. The predicted molar refractivity (Wildman–Crippen MR) is 66.9 cm³/mol. The second-order valence-corrected chi connectivity index (χ2v) is 4.27. The van der Waals surface area contributed by atoms with E-state index in [0.29, 0.717) is 18.5 Å². The van der Waals surface area contributed by atoms with Crippen LogP contribution in [0.15, 0.2) is 24.3 Å². The lowest BCUT2D eigenvalue weighted by Gasteiger charge is -2.23. The molecule has 0 fully saturated rings. The van der Waals surface area contributed by atoms with Crippen molar-refractivity contribution >= 4 is 11.9 Å². The van der Waals surface area contributed by atoms with Crippen molar-refractivity contribution in [2.75, 3.05) is 6.54 Å². The van der Waals surface area contributed by atoms with Gasteiger partial charge >= 0.3 is 5.97 Å². The van der Waals surface area contributed by atoms with Crippen LogP contribution < -0.4 is 0 Å². The molecule has 1 unspecified atom stereocenters. The van der Waals surface area contributed by atoms with Crippen LogP contribution >= 0.6 is 0 Å². The molecule has 0 N–H and O–H groups in total. The van der Waals surface area contributed by atoms with Gasteiger partial charge in [0, 0.05) is 24.1 Å². The minimum absolute atomic E-state index is 0.0672. The van der Waals surface area contributed by atoms with Gasteiger partial charge in [-0.1, -0.05) is 25.1 Å². The Hall–Kier alpha value is -1.84. The molecule has 0 aromatic heterocycles. The molecule has 4 heteroatoms. The molecule has 1 heterocycles. The number of fused-ring (bicyclic) bond motifs is 1. The minimum atomic E-state index is -0.558. The maximum Gasteiger partial charge on any atom is 0.307 e. The van der Waals surface area contributed by atoms with Crippen LogP contribution in [0, 0.1) is 0 Å². The van der Waals surface area contributed by atoms with Gasteiger partial charge in [0.2, 0.25) is 6.23 Å². The summed E-state index contributed by atoms with van der Waals surface area (Å²) >= 11 is 0. The van der Waals surface area contributed by atoms with Gasteiger partial charge in [0.15, 0.2) is 0 Å². The van der Waals surface area contributed by atoms with Crippen molar-refractivity contribution in [1.82, 2.24) is 4.90 Å². The summed E-state index contributed by atoms with van der Waals surface area (Å²) in [5, 5.41) is 0. The first-order valence-corrected chi connectivity index (χ1v) is 6.28. The summed E-state index contributed by atoms with van der Waals surface area (Å²) in [5.74, 6) is -0.326. The summed E-state index contributed by atoms with van der Waals surface area (Å²) in [6.45, 7) is 4.33.